The van der Waals surface area contributed by atoms with E-state index in [-0.39, 0.29) is 21.3 Å². The lowest BCUT2D eigenvalue weighted by Gasteiger charge is -2.11. The molecule has 0 aliphatic heterocycles. The second kappa shape index (κ2) is 6.12. The van der Waals surface area contributed by atoms with Crippen LogP contribution in [0, 0.1) is 27.7 Å². The van der Waals surface area contributed by atoms with Crippen LogP contribution in [0.5, 0.6) is 0 Å². The molecule has 3 rings (SSSR count). The van der Waals surface area contributed by atoms with E-state index < -0.39 is 15.6 Å². The number of fused-ring (bicyclic) bond motifs is 1. The summed E-state index contributed by atoms with van der Waals surface area (Å²) >= 11 is 7.45. The molecule has 0 saturated carbocycles. The highest BCUT2D eigenvalue weighted by molar-refractivity contribution is 7.92. The Morgan fingerprint density at radius 1 is 1.20 bits per heavy atom. The summed E-state index contributed by atoms with van der Waals surface area (Å²) in [5.74, 6) is 0. The van der Waals surface area contributed by atoms with Crippen molar-refractivity contribution in [2.24, 2.45) is 0 Å². The molecule has 0 saturated heterocycles. The fourth-order valence-electron chi connectivity index (χ4n) is 2.53. The van der Waals surface area contributed by atoms with Crippen molar-refractivity contribution in [2.45, 2.75) is 32.6 Å². The first kappa shape index (κ1) is 17.9. The van der Waals surface area contributed by atoms with Gasteiger partial charge in [0, 0.05) is 10.6 Å². The van der Waals surface area contributed by atoms with Crippen LogP contribution in [0.2, 0.25) is 5.02 Å². The van der Waals surface area contributed by atoms with E-state index in [2.05, 4.69) is 9.71 Å². The predicted octanol–water partition coefficient (Wildman–Crippen LogP) is 3.44. The van der Waals surface area contributed by atoms with E-state index in [0.29, 0.717) is 10.7 Å². The van der Waals surface area contributed by atoms with Gasteiger partial charge in [0.15, 0.2) is 9.86 Å². The average molecular weight is 398 g/mol. The Bertz CT molecular complexity index is 1160. The van der Waals surface area contributed by atoms with Crippen LogP contribution in [-0.4, -0.2) is 17.8 Å². The third-order valence-electron chi connectivity index (χ3n) is 3.91. The summed E-state index contributed by atoms with van der Waals surface area (Å²) < 4.78 is 29.4. The Morgan fingerprint density at radius 2 is 1.88 bits per heavy atom. The standard InChI is InChI=1S/C16H16ClN3O3S2/c1-8-5-6-13(12(17)7-8)19-25(22,23)14-9(2)18-16-20(15(14)21)10(3)11(4)24-16/h5-7,19H,1-4H3. The molecule has 0 spiro atoms. The maximum Gasteiger partial charge on any atom is 0.279 e. The van der Waals surface area contributed by atoms with E-state index in [9.17, 15) is 13.2 Å². The molecule has 0 radical (unpaired) electrons. The van der Waals surface area contributed by atoms with Crippen molar-refractivity contribution in [3.63, 3.8) is 0 Å². The molecule has 6 nitrogen and oxygen atoms in total. The molecule has 2 aromatic heterocycles. The number of halogens is 1. The van der Waals surface area contributed by atoms with Gasteiger partial charge in [-0.3, -0.25) is 13.9 Å². The predicted molar refractivity (Wildman–Crippen MR) is 101 cm³/mol. The molecule has 9 heteroatoms. The fourth-order valence-corrected chi connectivity index (χ4v) is 5.20. The molecule has 0 atom stereocenters. The van der Waals surface area contributed by atoms with Crippen molar-refractivity contribution in [2.75, 3.05) is 4.72 Å². The second-order valence-corrected chi connectivity index (χ2v) is 8.99. The molecule has 132 valence electrons. The summed E-state index contributed by atoms with van der Waals surface area (Å²) in [4.78, 5) is 18.1. The number of thiazole rings is 1. The minimum Gasteiger partial charge on any atom is -0.278 e. The van der Waals surface area contributed by atoms with Crippen LogP contribution in [-0.2, 0) is 10.0 Å². The Morgan fingerprint density at radius 3 is 2.52 bits per heavy atom. The lowest BCUT2D eigenvalue weighted by atomic mass is 10.2. The molecular formula is C16H16ClN3O3S2. The number of rotatable bonds is 3. The van der Waals surface area contributed by atoms with Crippen LogP contribution in [0.3, 0.4) is 0 Å². The van der Waals surface area contributed by atoms with E-state index in [4.69, 9.17) is 11.6 Å². The number of hydrogen-bond donors (Lipinski definition) is 1. The van der Waals surface area contributed by atoms with E-state index in [0.717, 1.165) is 10.4 Å². The van der Waals surface area contributed by atoms with E-state index in [1.54, 1.807) is 25.1 Å². The number of sulfonamides is 1. The highest BCUT2D eigenvalue weighted by atomic mass is 35.5. The SMILES string of the molecule is Cc1ccc(NS(=O)(=O)c2c(C)nc3sc(C)c(C)n3c2=O)c(Cl)c1. The maximum absolute atomic E-state index is 12.8. The zero-order valence-electron chi connectivity index (χ0n) is 14.0. The molecule has 0 bridgehead atoms. The summed E-state index contributed by atoms with van der Waals surface area (Å²) in [6.45, 7) is 6.98. The van der Waals surface area contributed by atoms with Gasteiger partial charge in [-0.1, -0.05) is 17.7 Å². The Kier molecular flexibility index (Phi) is 4.38. The van der Waals surface area contributed by atoms with Gasteiger partial charge in [0.2, 0.25) is 0 Å². The third-order valence-corrected chi connectivity index (χ3v) is 6.77. The zero-order chi connectivity index (χ0) is 18.5. The summed E-state index contributed by atoms with van der Waals surface area (Å²) in [6, 6.07) is 4.94. The number of anilines is 1. The van der Waals surface area contributed by atoms with Crippen LogP contribution in [0.4, 0.5) is 5.69 Å². The molecule has 1 aromatic carbocycles. The zero-order valence-corrected chi connectivity index (χ0v) is 16.4. The van der Waals surface area contributed by atoms with Crippen LogP contribution < -0.4 is 10.3 Å². The Balaban J connectivity index is 2.20. The number of nitrogens with one attached hydrogen (secondary N) is 1. The van der Waals surface area contributed by atoms with Crippen LogP contribution in [0.25, 0.3) is 4.96 Å². The number of aromatic nitrogens is 2. The third kappa shape index (κ3) is 3.05. The minimum absolute atomic E-state index is 0.155. The average Bonchev–Trinajstić information content (AvgIpc) is 2.76. The molecule has 2 heterocycles. The smallest absolute Gasteiger partial charge is 0.278 e. The van der Waals surface area contributed by atoms with Gasteiger partial charge in [0.1, 0.15) is 0 Å². The minimum atomic E-state index is -4.13. The van der Waals surface area contributed by atoms with Gasteiger partial charge in [0.25, 0.3) is 15.6 Å². The quantitative estimate of drug-likeness (QED) is 0.734. The lowest BCUT2D eigenvalue weighted by Crippen LogP contribution is -2.28. The van der Waals surface area contributed by atoms with Crippen molar-refractivity contribution >= 4 is 43.6 Å². The largest absolute Gasteiger partial charge is 0.279 e. The first-order valence-electron chi connectivity index (χ1n) is 7.40. The molecule has 0 unspecified atom stereocenters. The normalized spacial score (nSPS) is 11.9. The van der Waals surface area contributed by atoms with Gasteiger partial charge < -0.3 is 0 Å². The summed E-state index contributed by atoms with van der Waals surface area (Å²) in [5, 5.41) is 0.262. The van der Waals surface area contributed by atoms with Crippen LogP contribution >= 0.6 is 22.9 Å². The highest BCUT2D eigenvalue weighted by Gasteiger charge is 2.26. The maximum atomic E-state index is 12.8. The van der Waals surface area contributed by atoms with Crippen molar-refractivity contribution in [3.8, 4) is 0 Å². The number of nitrogens with zero attached hydrogens (tertiary/aromatic N) is 2. The van der Waals surface area contributed by atoms with Gasteiger partial charge in [0.05, 0.1) is 16.4 Å². The molecule has 0 aliphatic rings. The fraction of sp³-hybridized carbons (Fsp3) is 0.250. The van der Waals surface area contributed by atoms with Crippen LogP contribution in [0.1, 0.15) is 21.8 Å². The van der Waals surface area contributed by atoms with Crippen molar-refractivity contribution in [1.29, 1.82) is 0 Å². The number of aryl methyl sites for hydroxylation is 4. The number of hydrogen-bond acceptors (Lipinski definition) is 5. The molecule has 0 amide bonds. The summed E-state index contributed by atoms with van der Waals surface area (Å²) in [5.41, 5.74) is 1.34. The van der Waals surface area contributed by atoms with Crippen LogP contribution in [0.15, 0.2) is 27.9 Å². The molecule has 0 fully saturated rings. The molecule has 25 heavy (non-hydrogen) atoms. The summed E-state index contributed by atoms with van der Waals surface area (Å²) in [7, 11) is -4.13. The molecule has 1 N–H and O–H groups in total. The topological polar surface area (TPSA) is 80.5 Å². The number of benzene rings is 1. The van der Waals surface area contributed by atoms with Gasteiger partial charge in [-0.15, -0.1) is 11.3 Å². The summed E-state index contributed by atoms with van der Waals surface area (Å²) in [6.07, 6.45) is 0. The second-order valence-electron chi connectivity index (χ2n) is 5.78. The first-order valence-corrected chi connectivity index (χ1v) is 10.1. The molecular weight excluding hydrogens is 382 g/mol. The Hall–Kier alpha value is -1.90. The molecule has 3 aromatic rings. The van der Waals surface area contributed by atoms with Crippen molar-refractivity contribution < 1.29 is 8.42 Å². The molecule has 0 aliphatic carbocycles. The van der Waals surface area contributed by atoms with Crippen molar-refractivity contribution in [3.05, 3.63) is 55.4 Å². The first-order chi connectivity index (χ1) is 11.6. The Labute approximate surface area is 154 Å². The van der Waals surface area contributed by atoms with Gasteiger partial charge in [-0.25, -0.2) is 13.4 Å². The van der Waals surface area contributed by atoms with Gasteiger partial charge in [-0.05, 0) is 45.4 Å². The van der Waals surface area contributed by atoms with E-state index in [1.165, 1.54) is 22.7 Å². The van der Waals surface area contributed by atoms with Gasteiger partial charge >= 0.3 is 0 Å². The van der Waals surface area contributed by atoms with E-state index >= 15 is 0 Å². The van der Waals surface area contributed by atoms with Crippen molar-refractivity contribution in [1.82, 2.24) is 9.38 Å². The highest BCUT2D eigenvalue weighted by Crippen LogP contribution is 2.26. The van der Waals surface area contributed by atoms with E-state index in [1.807, 2.05) is 13.8 Å². The monoisotopic (exact) mass is 397 g/mol. The lowest BCUT2D eigenvalue weighted by molar-refractivity contribution is 0.598. The van der Waals surface area contributed by atoms with Gasteiger partial charge in [-0.2, -0.15) is 0 Å².